The van der Waals surface area contributed by atoms with E-state index in [-0.39, 0.29) is 0 Å². The van der Waals surface area contributed by atoms with Gasteiger partial charge in [0.15, 0.2) is 0 Å². The molecule has 1 fully saturated rings. The summed E-state index contributed by atoms with van der Waals surface area (Å²) in [5.74, 6) is 1.09. The fraction of sp³-hybridized carbons (Fsp3) is 1.00. The average Bonchev–Trinajstić information content (AvgIpc) is 2.29. The fourth-order valence-corrected chi connectivity index (χ4v) is 2.76. The first kappa shape index (κ1) is 13.1. The maximum absolute atomic E-state index is 5.47. The van der Waals surface area contributed by atoms with Gasteiger partial charge in [-0.3, -0.25) is 0 Å². The Morgan fingerprint density at radius 3 is 2.00 bits per heavy atom. The van der Waals surface area contributed by atoms with E-state index in [0.717, 1.165) is 12.2 Å². The van der Waals surface area contributed by atoms with Gasteiger partial charge in [0, 0.05) is 0 Å². The predicted molar refractivity (Wildman–Crippen MR) is 69.5 cm³/mol. The molecule has 0 amide bonds. The summed E-state index contributed by atoms with van der Waals surface area (Å²) in [5, 5.41) is 0. The molecule has 2 radical (unpaired) electrons. The van der Waals surface area contributed by atoms with Gasteiger partial charge in [0.1, 0.15) is 0 Å². The SMILES string of the molecule is [B]CCCCCCCCC1CCCCC1. The summed E-state index contributed by atoms with van der Waals surface area (Å²) in [7, 11) is 5.47. The van der Waals surface area contributed by atoms with Crippen molar-refractivity contribution in [3.8, 4) is 0 Å². The van der Waals surface area contributed by atoms with E-state index < -0.39 is 0 Å². The van der Waals surface area contributed by atoms with Gasteiger partial charge in [0.05, 0.1) is 7.85 Å². The second kappa shape index (κ2) is 9.30. The molecule has 1 saturated carbocycles. The van der Waals surface area contributed by atoms with Crippen LogP contribution in [0.1, 0.15) is 77.0 Å². The van der Waals surface area contributed by atoms with Gasteiger partial charge in [-0.2, -0.15) is 0 Å². The van der Waals surface area contributed by atoms with Gasteiger partial charge in [-0.1, -0.05) is 83.4 Å². The highest BCUT2D eigenvalue weighted by Crippen LogP contribution is 2.28. The van der Waals surface area contributed by atoms with E-state index in [1.807, 2.05) is 0 Å². The van der Waals surface area contributed by atoms with Crippen LogP contribution >= 0.6 is 0 Å². The molecule has 0 saturated heterocycles. The van der Waals surface area contributed by atoms with Crippen LogP contribution in [0.25, 0.3) is 0 Å². The van der Waals surface area contributed by atoms with Crippen LogP contribution in [0.15, 0.2) is 0 Å². The second-order valence-corrected chi connectivity index (χ2v) is 5.20. The van der Waals surface area contributed by atoms with Gasteiger partial charge in [-0.05, 0) is 5.92 Å². The van der Waals surface area contributed by atoms with E-state index in [9.17, 15) is 0 Å². The second-order valence-electron chi connectivity index (χ2n) is 5.20. The molecule has 1 aliphatic carbocycles. The van der Waals surface area contributed by atoms with Crippen LogP contribution in [0.2, 0.25) is 6.32 Å². The molecule has 0 aromatic heterocycles. The summed E-state index contributed by atoms with van der Waals surface area (Å²) in [6, 6.07) is 0. The lowest BCUT2D eigenvalue weighted by atomic mass is 9.85. The molecule has 0 N–H and O–H groups in total. The Morgan fingerprint density at radius 1 is 0.733 bits per heavy atom. The monoisotopic (exact) mass is 206 g/mol. The van der Waals surface area contributed by atoms with E-state index in [1.54, 1.807) is 0 Å². The number of hydrogen-bond donors (Lipinski definition) is 0. The van der Waals surface area contributed by atoms with Gasteiger partial charge in [0.2, 0.25) is 0 Å². The molecule has 0 spiro atoms. The quantitative estimate of drug-likeness (QED) is 0.392. The molecule has 1 aliphatic rings. The maximum atomic E-state index is 5.47. The Kier molecular flexibility index (Phi) is 8.14. The molecule has 0 heterocycles. The first-order valence-corrected chi connectivity index (χ1v) is 7.13. The van der Waals surface area contributed by atoms with E-state index >= 15 is 0 Å². The van der Waals surface area contributed by atoms with Crippen molar-refractivity contribution in [1.82, 2.24) is 0 Å². The van der Waals surface area contributed by atoms with Crippen molar-refractivity contribution in [2.24, 2.45) is 5.92 Å². The highest BCUT2D eigenvalue weighted by molar-refractivity contribution is 6.08. The van der Waals surface area contributed by atoms with Gasteiger partial charge < -0.3 is 0 Å². The summed E-state index contributed by atoms with van der Waals surface area (Å²) in [5.41, 5.74) is 0. The lowest BCUT2D eigenvalue weighted by Gasteiger charge is -2.21. The van der Waals surface area contributed by atoms with Crippen molar-refractivity contribution in [2.45, 2.75) is 83.4 Å². The van der Waals surface area contributed by atoms with Gasteiger partial charge in [0.25, 0.3) is 0 Å². The van der Waals surface area contributed by atoms with Crippen molar-refractivity contribution >= 4 is 7.85 Å². The van der Waals surface area contributed by atoms with Crippen LogP contribution in [-0.2, 0) is 0 Å². The minimum atomic E-state index is 0.877. The molecule has 0 aromatic carbocycles. The third kappa shape index (κ3) is 7.03. The molecule has 1 heteroatoms. The molecule has 0 unspecified atom stereocenters. The summed E-state index contributed by atoms with van der Waals surface area (Å²) in [4.78, 5) is 0. The largest absolute Gasteiger partial charge is 0.0887 e. The van der Waals surface area contributed by atoms with Crippen LogP contribution < -0.4 is 0 Å². The Labute approximate surface area is 97.6 Å². The Morgan fingerprint density at radius 2 is 1.33 bits per heavy atom. The van der Waals surface area contributed by atoms with E-state index in [2.05, 4.69) is 0 Å². The first-order valence-electron chi connectivity index (χ1n) is 7.13. The smallest absolute Gasteiger partial charge is 0.0653 e. The topological polar surface area (TPSA) is 0 Å². The number of rotatable bonds is 8. The lowest BCUT2D eigenvalue weighted by Crippen LogP contribution is -2.05. The third-order valence-corrected chi connectivity index (χ3v) is 3.79. The molecule has 15 heavy (non-hydrogen) atoms. The fourth-order valence-electron chi connectivity index (χ4n) is 2.76. The van der Waals surface area contributed by atoms with Crippen molar-refractivity contribution in [3.05, 3.63) is 0 Å². The molecular weight excluding hydrogens is 179 g/mol. The van der Waals surface area contributed by atoms with Crippen LogP contribution in [0.3, 0.4) is 0 Å². The third-order valence-electron chi connectivity index (χ3n) is 3.79. The van der Waals surface area contributed by atoms with E-state index in [4.69, 9.17) is 7.85 Å². The average molecular weight is 206 g/mol. The summed E-state index contributed by atoms with van der Waals surface area (Å²) in [6.45, 7) is 0. The van der Waals surface area contributed by atoms with E-state index in [1.165, 1.54) is 77.0 Å². The summed E-state index contributed by atoms with van der Waals surface area (Å²) >= 11 is 0. The van der Waals surface area contributed by atoms with Crippen molar-refractivity contribution in [1.29, 1.82) is 0 Å². The zero-order valence-electron chi connectivity index (χ0n) is 10.3. The van der Waals surface area contributed by atoms with Crippen LogP contribution in [0.5, 0.6) is 0 Å². The van der Waals surface area contributed by atoms with E-state index in [0.29, 0.717) is 0 Å². The van der Waals surface area contributed by atoms with Gasteiger partial charge in [-0.25, -0.2) is 0 Å². The molecule has 0 nitrogen and oxygen atoms in total. The maximum Gasteiger partial charge on any atom is 0.0653 e. The Balaban J connectivity index is 1.79. The number of unbranched alkanes of at least 4 members (excludes halogenated alkanes) is 5. The predicted octanol–water partition coefficient (Wildman–Crippen LogP) is 4.88. The van der Waals surface area contributed by atoms with Gasteiger partial charge >= 0.3 is 0 Å². The highest BCUT2D eigenvalue weighted by Gasteiger charge is 2.12. The van der Waals surface area contributed by atoms with Crippen molar-refractivity contribution < 1.29 is 0 Å². The van der Waals surface area contributed by atoms with Crippen molar-refractivity contribution in [2.75, 3.05) is 0 Å². The number of hydrogen-bond acceptors (Lipinski definition) is 0. The zero-order valence-corrected chi connectivity index (χ0v) is 10.3. The van der Waals surface area contributed by atoms with Crippen molar-refractivity contribution in [3.63, 3.8) is 0 Å². The van der Waals surface area contributed by atoms with Crippen LogP contribution in [0.4, 0.5) is 0 Å². The Bertz CT molecular complexity index is 127. The highest BCUT2D eigenvalue weighted by atomic mass is 14.2. The van der Waals surface area contributed by atoms with Crippen LogP contribution in [-0.4, -0.2) is 7.85 Å². The summed E-state index contributed by atoms with van der Waals surface area (Å²) < 4.78 is 0. The molecule has 0 aromatic rings. The normalized spacial score (nSPS) is 18.1. The molecule has 0 atom stereocenters. The summed E-state index contributed by atoms with van der Waals surface area (Å²) in [6.07, 6.45) is 18.3. The lowest BCUT2D eigenvalue weighted by molar-refractivity contribution is 0.328. The Hall–Kier alpha value is 0.0649. The molecule has 1 rings (SSSR count). The molecule has 0 aliphatic heterocycles. The first-order chi connectivity index (χ1) is 7.43. The van der Waals surface area contributed by atoms with Gasteiger partial charge in [-0.15, -0.1) is 0 Å². The molecular formula is C14H27B. The minimum Gasteiger partial charge on any atom is -0.0887 e. The molecule has 86 valence electrons. The zero-order chi connectivity index (χ0) is 10.8. The molecule has 0 bridgehead atoms. The van der Waals surface area contributed by atoms with Crippen LogP contribution in [0, 0.1) is 5.92 Å². The minimum absolute atomic E-state index is 0.877. The standard InChI is InChI=1S/C14H27B/c15-13-9-4-2-1-3-6-10-14-11-7-5-8-12-14/h14H,1-13H2.